The molecule has 0 aromatic carbocycles. The Kier molecular flexibility index (Phi) is 1.07. The highest BCUT2D eigenvalue weighted by Gasteiger charge is 2.20. The van der Waals surface area contributed by atoms with Crippen LogP contribution in [0, 0.1) is 13.8 Å². The summed E-state index contributed by atoms with van der Waals surface area (Å²) < 4.78 is 0. The first kappa shape index (κ1) is 6.89. The van der Waals surface area contributed by atoms with Crippen molar-refractivity contribution in [2.45, 2.75) is 13.8 Å². The number of hydrogen-bond acceptors (Lipinski definition) is 1. The van der Waals surface area contributed by atoms with Gasteiger partial charge in [-0.15, -0.1) is 0 Å². The number of H-pyrrole nitrogens is 1. The van der Waals surface area contributed by atoms with Crippen molar-refractivity contribution in [2.24, 2.45) is 0 Å². The molecule has 1 aromatic rings. The van der Waals surface area contributed by atoms with E-state index in [2.05, 4.69) is 35.1 Å². The molecule has 0 fully saturated rings. The van der Waals surface area contributed by atoms with Crippen molar-refractivity contribution in [3.63, 3.8) is 0 Å². The van der Waals surface area contributed by atoms with Crippen molar-refractivity contribution in [3.8, 4) is 22.5 Å². The molecule has 1 aromatic heterocycles. The van der Waals surface area contributed by atoms with E-state index in [0.29, 0.717) is 0 Å². The van der Waals surface area contributed by atoms with E-state index in [0.717, 1.165) is 17.2 Å². The first-order valence-electron chi connectivity index (χ1n) is 4.44. The van der Waals surface area contributed by atoms with Crippen LogP contribution in [0.1, 0.15) is 11.4 Å². The van der Waals surface area contributed by atoms with Crippen molar-refractivity contribution in [2.75, 3.05) is 0 Å². The Bertz CT molecular complexity index is 475. The molecule has 1 heterocycles. The molecule has 2 nitrogen and oxygen atoms in total. The first-order valence-corrected chi connectivity index (χ1v) is 4.44. The summed E-state index contributed by atoms with van der Waals surface area (Å²) in [5.74, 6) is 1.01. The zero-order chi connectivity index (χ0) is 9.00. The summed E-state index contributed by atoms with van der Waals surface area (Å²) in [6.45, 7) is 4.08. The molecule has 0 bridgehead atoms. The minimum absolute atomic E-state index is 1.01. The van der Waals surface area contributed by atoms with Gasteiger partial charge in [0.1, 0.15) is 5.82 Å². The van der Waals surface area contributed by atoms with Gasteiger partial charge in [-0.3, -0.25) is 0 Å². The fraction of sp³-hybridized carbons (Fsp3) is 0.182. The molecule has 0 amide bonds. The number of rotatable bonds is 1. The molecule has 3 rings (SSSR count). The second-order valence-electron chi connectivity index (χ2n) is 3.56. The Morgan fingerprint density at radius 1 is 1.15 bits per heavy atom. The molecule has 2 heteroatoms. The number of fused-ring (bicyclic) bond motifs is 1. The summed E-state index contributed by atoms with van der Waals surface area (Å²) in [5.41, 5.74) is 6.23. The largest absolute Gasteiger partial charge is 0.342 e. The molecular weight excluding hydrogens is 160 g/mol. The highest BCUT2D eigenvalue weighted by atomic mass is 14.9. The van der Waals surface area contributed by atoms with Gasteiger partial charge in [0.25, 0.3) is 0 Å². The molecule has 1 N–H and O–H groups in total. The van der Waals surface area contributed by atoms with E-state index >= 15 is 0 Å². The number of nitrogens with zero attached hydrogens (tertiary/aromatic N) is 1. The maximum Gasteiger partial charge on any atom is 0.138 e. The average Bonchev–Trinajstić information content (AvgIpc) is 2.38. The molecule has 2 aliphatic rings. The predicted molar refractivity (Wildman–Crippen MR) is 52.5 cm³/mol. The Hall–Kier alpha value is -1.57. The second kappa shape index (κ2) is 2.02. The van der Waals surface area contributed by atoms with Crippen LogP contribution in [0.5, 0.6) is 0 Å². The minimum Gasteiger partial charge on any atom is -0.342 e. The highest BCUT2D eigenvalue weighted by Crippen LogP contribution is 2.42. The Labute approximate surface area is 76.6 Å². The van der Waals surface area contributed by atoms with Gasteiger partial charge in [0, 0.05) is 11.3 Å². The van der Waals surface area contributed by atoms with Crippen molar-refractivity contribution in [1.29, 1.82) is 0 Å². The van der Waals surface area contributed by atoms with Gasteiger partial charge in [0.05, 0.1) is 5.69 Å². The quantitative estimate of drug-likeness (QED) is 0.597. The van der Waals surface area contributed by atoms with E-state index in [-0.39, 0.29) is 0 Å². The van der Waals surface area contributed by atoms with Gasteiger partial charge in [-0.25, -0.2) is 4.98 Å². The Balaban J connectivity index is 2.14. The molecule has 0 unspecified atom stereocenters. The molecule has 0 saturated heterocycles. The lowest BCUT2D eigenvalue weighted by Crippen LogP contribution is -1.96. The van der Waals surface area contributed by atoms with Crippen LogP contribution in [0.25, 0.3) is 22.5 Å². The molecule has 13 heavy (non-hydrogen) atoms. The number of aromatic nitrogens is 2. The van der Waals surface area contributed by atoms with Crippen molar-refractivity contribution < 1.29 is 0 Å². The summed E-state index contributed by atoms with van der Waals surface area (Å²) >= 11 is 0. The zero-order valence-corrected chi connectivity index (χ0v) is 7.68. The maximum absolute atomic E-state index is 4.46. The Morgan fingerprint density at radius 2 is 2.00 bits per heavy atom. The third-order valence-electron chi connectivity index (χ3n) is 2.71. The monoisotopic (exact) mass is 170 g/mol. The molecular formula is C11H10N2. The Morgan fingerprint density at radius 3 is 2.38 bits per heavy atom. The first-order chi connectivity index (χ1) is 6.25. The number of aromatic amines is 1. The molecule has 0 saturated carbocycles. The van der Waals surface area contributed by atoms with Crippen molar-refractivity contribution in [3.05, 3.63) is 29.6 Å². The number of nitrogens with one attached hydrogen (secondary N) is 1. The van der Waals surface area contributed by atoms with Gasteiger partial charge < -0.3 is 4.98 Å². The lowest BCUT2D eigenvalue weighted by atomic mass is 9.86. The van der Waals surface area contributed by atoms with Crippen LogP contribution < -0.4 is 0 Å². The van der Waals surface area contributed by atoms with Crippen LogP contribution in [0.4, 0.5) is 0 Å². The average molecular weight is 170 g/mol. The van der Waals surface area contributed by atoms with Crippen molar-refractivity contribution >= 4 is 0 Å². The van der Waals surface area contributed by atoms with E-state index in [9.17, 15) is 0 Å². The van der Waals surface area contributed by atoms with Crippen molar-refractivity contribution in [1.82, 2.24) is 9.97 Å². The van der Waals surface area contributed by atoms with Crippen LogP contribution in [0.15, 0.2) is 18.2 Å². The van der Waals surface area contributed by atoms with E-state index in [1.54, 1.807) is 0 Å². The van der Waals surface area contributed by atoms with E-state index in [4.69, 9.17) is 0 Å². The molecule has 0 spiro atoms. The lowest BCUT2D eigenvalue weighted by Gasteiger charge is -2.19. The van der Waals surface area contributed by atoms with E-state index in [1.807, 2.05) is 6.92 Å². The predicted octanol–water partition coefficient (Wildman–Crippen LogP) is 2.67. The SMILES string of the molecule is Cc1nc(-c2cc3ccc2-3)[nH]c1C. The summed E-state index contributed by atoms with van der Waals surface area (Å²) in [7, 11) is 0. The van der Waals surface area contributed by atoms with Gasteiger partial charge in [-0.1, -0.05) is 12.1 Å². The second-order valence-corrected chi connectivity index (χ2v) is 3.56. The summed E-state index contributed by atoms with van der Waals surface area (Å²) in [5, 5.41) is 0. The number of benzene rings is 1. The normalized spacial score (nSPS) is 11.8. The fourth-order valence-electron chi connectivity index (χ4n) is 1.66. The van der Waals surface area contributed by atoms with Gasteiger partial charge >= 0.3 is 0 Å². The summed E-state index contributed by atoms with van der Waals surface area (Å²) in [4.78, 5) is 7.74. The lowest BCUT2D eigenvalue weighted by molar-refractivity contribution is 1.22. The highest BCUT2D eigenvalue weighted by molar-refractivity contribution is 5.93. The minimum atomic E-state index is 1.01. The third kappa shape index (κ3) is 0.750. The molecule has 64 valence electrons. The van der Waals surface area contributed by atoms with Gasteiger partial charge in [-0.2, -0.15) is 0 Å². The maximum atomic E-state index is 4.46. The van der Waals surface area contributed by atoms with Crippen LogP contribution in [0.3, 0.4) is 0 Å². The smallest absolute Gasteiger partial charge is 0.138 e. The standard InChI is InChI=1S/C11H10N2/c1-6-7(2)13-11(12-6)10-5-8-3-4-9(8)10/h3-5H,1-2H3,(H,12,13). The molecule has 2 aliphatic carbocycles. The van der Waals surface area contributed by atoms with Crippen LogP contribution in [-0.2, 0) is 0 Å². The van der Waals surface area contributed by atoms with Crippen LogP contribution in [0.2, 0.25) is 0 Å². The summed E-state index contributed by atoms with van der Waals surface area (Å²) in [6, 6.07) is 6.44. The fourth-order valence-corrected chi connectivity index (χ4v) is 1.66. The van der Waals surface area contributed by atoms with Crippen LogP contribution >= 0.6 is 0 Å². The third-order valence-corrected chi connectivity index (χ3v) is 2.71. The number of aryl methyl sites for hydroxylation is 2. The summed E-state index contributed by atoms with van der Waals surface area (Å²) in [6.07, 6.45) is 0. The zero-order valence-electron chi connectivity index (χ0n) is 7.68. The van der Waals surface area contributed by atoms with E-state index < -0.39 is 0 Å². The number of imidazole rings is 1. The molecule has 0 aliphatic heterocycles. The molecule has 0 atom stereocenters. The van der Waals surface area contributed by atoms with Gasteiger partial charge in [0.2, 0.25) is 0 Å². The van der Waals surface area contributed by atoms with E-state index in [1.165, 1.54) is 16.7 Å². The number of hydrogen-bond donors (Lipinski definition) is 1. The topological polar surface area (TPSA) is 28.7 Å². The van der Waals surface area contributed by atoms with Gasteiger partial charge in [0.15, 0.2) is 0 Å². The van der Waals surface area contributed by atoms with Gasteiger partial charge in [-0.05, 0) is 31.0 Å². The van der Waals surface area contributed by atoms with Crippen LogP contribution in [-0.4, -0.2) is 9.97 Å². The molecule has 0 radical (unpaired) electrons.